The van der Waals surface area contributed by atoms with Crippen LogP contribution in [0, 0.1) is 40.4 Å². The molecular weight excluding hydrogens is 380 g/mol. The molecule has 0 bridgehead atoms. The molecule has 168 valence electrons. The number of fused-ring (bicyclic) bond motifs is 8. The quantitative estimate of drug-likeness (QED) is 0.482. The standard InChI is InChI=1S/C29H40O2/c1-18-13-15-29(5)22-14-16-28(4)20(19-9-7-6-8-10-19)11-12-21(28)24(22)26-25(23(29)17-18)30-27(2,3)31-26/h6-11,18,21-26H,12-17H2,1-5H3/t18-,21-,22-,23+,24-,25+,26+,28+,29+/m0/s1. The Bertz CT molecular complexity index is 887. The van der Waals surface area contributed by atoms with Crippen LogP contribution in [0.5, 0.6) is 0 Å². The van der Waals surface area contributed by atoms with E-state index < -0.39 is 5.79 Å². The predicted molar refractivity (Wildman–Crippen MR) is 125 cm³/mol. The van der Waals surface area contributed by atoms with E-state index in [-0.39, 0.29) is 17.6 Å². The predicted octanol–water partition coefficient (Wildman–Crippen LogP) is 7.10. The van der Waals surface area contributed by atoms with E-state index in [0.717, 1.165) is 11.8 Å². The molecule has 0 N–H and O–H groups in total. The molecule has 0 amide bonds. The van der Waals surface area contributed by atoms with E-state index >= 15 is 0 Å². The van der Waals surface area contributed by atoms with Crippen LogP contribution in [0.2, 0.25) is 0 Å². The maximum Gasteiger partial charge on any atom is 0.163 e. The lowest BCUT2D eigenvalue weighted by atomic mass is 9.43. The molecule has 0 radical (unpaired) electrons. The summed E-state index contributed by atoms with van der Waals surface area (Å²) in [4.78, 5) is 0. The molecule has 3 saturated carbocycles. The summed E-state index contributed by atoms with van der Waals surface area (Å²) in [6.45, 7) is 11.9. The topological polar surface area (TPSA) is 18.5 Å². The molecule has 6 rings (SSSR count). The fourth-order valence-electron chi connectivity index (χ4n) is 9.02. The van der Waals surface area contributed by atoms with Gasteiger partial charge in [-0.05, 0) is 97.5 Å². The summed E-state index contributed by atoms with van der Waals surface area (Å²) in [5.74, 6) is 3.06. The van der Waals surface area contributed by atoms with Crippen LogP contribution in [-0.2, 0) is 9.47 Å². The average Bonchev–Trinajstić information content (AvgIpc) is 3.25. The van der Waals surface area contributed by atoms with E-state index in [2.05, 4.69) is 71.0 Å². The molecule has 2 heteroatoms. The Morgan fingerprint density at radius 2 is 1.58 bits per heavy atom. The summed E-state index contributed by atoms with van der Waals surface area (Å²) >= 11 is 0. The summed E-state index contributed by atoms with van der Waals surface area (Å²) in [5.41, 5.74) is 3.68. The van der Waals surface area contributed by atoms with E-state index in [1.54, 1.807) is 5.57 Å². The lowest BCUT2D eigenvalue weighted by Gasteiger charge is -2.63. The van der Waals surface area contributed by atoms with Crippen molar-refractivity contribution in [3.63, 3.8) is 0 Å². The van der Waals surface area contributed by atoms with Crippen molar-refractivity contribution in [2.75, 3.05) is 0 Å². The zero-order valence-corrected chi connectivity index (χ0v) is 20.1. The highest BCUT2D eigenvalue weighted by Gasteiger charge is 2.67. The van der Waals surface area contributed by atoms with Crippen LogP contribution >= 0.6 is 0 Å². The fourth-order valence-corrected chi connectivity index (χ4v) is 9.02. The number of ether oxygens (including phenoxy) is 2. The van der Waals surface area contributed by atoms with Crippen LogP contribution in [-0.4, -0.2) is 18.0 Å². The van der Waals surface area contributed by atoms with Gasteiger partial charge in [0.2, 0.25) is 0 Å². The Labute approximate surface area is 188 Å². The molecule has 0 aromatic heterocycles. The fraction of sp³-hybridized carbons (Fsp3) is 0.724. The summed E-state index contributed by atoms with van der Waals surface area (Å²) in [5, 5.41) is 0. The van der Waals surface area contributed by atoms with Crippen molar-refractivity contribution in [2.45, 2.75) is 91.1 Å². The molecule has 9 atom stereocenters. The molecule has 1 heterocycles. The van der Waals surface area contributed by atoms with Crippen LogP contribution in [0.25, 0.3) is 5.57 Å². The molecule has 4 aliphatic carbocycles. The number of hydrogen-bond donors (Lipinski definition) is 0. The molecule has 0 spiro atoms. The van der Waals surface area contributed by atoms with Gasteiger partial charge in [-0.2, -0.15) is 0 Å². The van der Waals surface area contributed by atoms with Crippen molar-refractivity contribution in [1.29, 1.82) is 0 Å². The molecule has 4 fully saturated rings. The van der Waals surface area contributed by atoms with Gasteiger partial charge in [-0.1, -0.05) is 63.6 Å². The second-order valence-electron chi connectivity index (χ2n) is 12.5. The lowest BCUT2D eigenvalue weighted by molar-refractivity contribution is -0.175. The number of benzene rings is 1. The second-order valence-corrected chi connectivity index (χ2v) is 12.5. The summed E-state index contributed by atoms with van der Waals surface area (Å²) < 4.78 is 13.5. The Hall–Kier alpha value is -1.12. The van der Waals surface area contributed by atoms with Crippen molar-refractivity contribution in [2.24, 2.45) is 40.4 Å². The first-order valence-corrected chi connectivity index (χ1v) is 12.8. The van der Waals surface area contributed by atoms with Crippen molar-refractivity contribution in [1.82, 2.24) is 0 Å². The molecule has 5 aliphatic rings. The smallest absolute Gasteiger partial charge is 0.163 e. The highest BCUT2D eigenvalue weighted by molar-refractivity contribution is 5.73. The Morgan fingerprint density at radius 3 is 2.35 bits per heavy atom. The Kier molecular flexibility index (Phi) is 4.43. The Morgan fingerprint density at radius 1 is 0.839 bits per heavy atom. The third kappa shape index (κ3) is 2.83. The van der Waals surface area contributed by atoms with Crippen LogP contribution in [0.4, 0.5) is 0 Å². The summed E-state index contributed by atoms with van der Waals surface area (Å²) in [7, 11) is 0. The van der Waals surface area contributed by atoms with Crippen LogP contribution in [0.3, 0.4) is 0 Å². The molecule has 2 nitrogen and oxygen atoms in total. The van der Waals surface area contributed by atoms with Gasteiger partial charge < -0.3 is 9.47 Å². The van der Waals surface area contributed by atoms with E-state index in [9.17, 15) is 0 Å². The first kappa shape index (κ1) is 20.5. The SMILES string of the molecule is C[C@H]1CC[C@@]2(C)[C@H](C1)[C@H]1OC(C)(C)O[C@@H]1[C@@H]1[C@@H]2CC[C@]2(C)C(c3ccccc3)=CC[C@@H]12. The zero-order chi connectivity index (χ0) is 21.6. The van der Waals surface area contributed by atoms with Crippen LogP contribution < -0.4 is 0 Å². The lowest BCUT2D eigenvalue weighted by Crippen LogP contribution is -2.62. The van der Waals surface area contributed by atoms with Gasteiger partial charge in [-0.3, -0.25) is 0 Å². The van der Waals surface area contributed by atoms with Gasteiger partial charge in [-0.15, -0.1) is 0 Å². The summed E-state index contributed by atoms with van der Waals surface area (Å²) in [6, 6.07) is 11.2. The summed E-state index contributed by atoms with van der Waals surface area (Å²) in [6.07, 6.45) is 11.0. The molecule has 1 aliphatic heterocycles. The van der Waals surface area contributed by atoms with Crippen LogP contribution in [0.15, 0.2) is 36.4 Å². The highest BCUT2D eigenvalue weighted by atomic mass is 16.8. The number of allylic oxidation sites excluding steroid dienone is 2. The molecular formula is C29H40O2. The minimum Gasteiger partial charge on any atom is -0.344 e. The Balaban J connectivity index is 1.41. The van der Waals surface area contributed by atoms with Gasteiger partial charge in [0.15, 0.2) is 5.79 Å². The van der Waals surface area contributed by atoms with Crippen molar-refractivity contribution in [3.05, 3.63) is 42.0 Å². The molecule has 1 aromatic rings. The maximum absolute atomic E-state index is 6.80. The number of rotatable bonds is 1. The first-order valence-electron chi connectivity index (χ1n) is 12.8. The van der Waals surface area contributed by atoms with Crippen molar-refractivity contribution in [3.8, 4) is 0 Å². The first-order chi connectivity index (χ1) is 14.7. The molecule has 1 saturated heterocycles. The van der Waals surface area contributed by atoms with E-state index in [1.165, 1.54) is 44.1 Å². The second kappa shape index (κ2) is 6.70. The maximum atomic E-state index is 6.80. The van der Waals surface area contributed by atoms with Gasteiger partial charge in [0.05, 0.1) is 12.2 Å². The third-order valence-corrected chi connectivity index (χ3v) is 10.5. The van der Waals surface area contributed by atoms with E-state index in [1.807, 2.05) is 0 Å². The van der Waals surface area contributed by atoms with Gasteiger partial charge in [0, 0.05) is 0 Å². The monoisotopic (exact) mass is 420 g/mol. The van der Waals surface area contributed by atoms with Gasteiger partial charge in [-0.25, -0.2) is 0 Å². The highest BCUT2D eigenvalue weighted by Crippen LogP contribution is 2.69. The molecule has 1 aromatic carbocycles. The minimum absolute atomic E-state index is 0.258. The third-order valence-electron chi connectivity index (χ3n) is 10.5. The van der Waals surface area contributed by atoms with Gasteiger partial charge >= 0.3 is 0 Å². The van der Waals surface area contributed by atoms with Crippen molar-refractivity contribution < 1.29 is 9.47 Å². The molecule has 0 unspecified atom stereocenters. The zero-order valence-electron chi connectivity index (χ0n) is 20.1. The molecule has 31 heavy (non-hydrogen) atoms. The van der Waals surface area contributed by atoms with Crippen LogP contribution in [0.1, 0.15) is 78.7 Å². The van der Waals surface area contributed by atoms with E-state index in [4.69, 9.17) is 9.47 Å². The van der Waals surface area contributed by atoms with E-state index in [0.29, 0.717) is 23.2 Å². The van der Waals surface area contributed by atoms with Gasteiger partial charge in [0.25, 0.3) is 0 Å². The number of hydrogen-bond acceptors (Lipinski definition) is 2. The van der Waals surface area contributed by atoms with Crippen molar-refractivity contribution >= 4 is 5.57 Å². The normalized spacial score (nSPS) is 50.1. The minimum atomic E-state index is -0.450. The van der Waals surface area contributed by atoms with Gasteiger partial charge in [0.1, 0.15) is 0 Å². The average molecular weight is 421 g/mol. The largest absolute Gasteiger partial charge is 0.344 e.